The summed E-state index contributed by atoms with van der Waals surface area (Å²) in [5.74, 6) is 0. The van der Waals surface area contributed by atoms with Gasteiger partial charge in [-0.25, -0.2) is 0 Å². The van der Waals surface area contributed by atoms with Gasteiger partial charge in [0, 0.05) is 11.7 Å². The molecule has 0 aliphatic rings. The number of benzene rings is 2. The highest BCUT2D eigenvalue weighted by atomic mass is 14.6. The molecule has 1 aromatic heterocycles. The van der Waals surface area contributed by atoms with Crippen molar-refractivity contribution in [3.63, 3.8) is 0 Å². The molecule has 0 fully saturated rings. The minimum absolute atomic E-state index is 1.21. The summed E-state index contributed by atoms with van der Waals surface area (Å²) < 4.78 is 0. The lowest BCUT2D eigenvalue weighted by Gasteiger charge is -1.96. The molecule has 1 heterocycles. The van der Waals surface area contributed by atoms with Gasteiger partial charge in [-0.3, -0.25) is 0 Å². The van der Waals surface area contributed by atoms with Gasteiger partial charge in [0.1, 0.15) is 0 Å². The molecule has 3 rings (SSSR count). The standard InChI is InChI=1S/C10H14.C8H7N/c1-2-3-7-10-8-5-4-6-9-10;1-2-4-8-7(3-1)5-6-9-8/h4-6,8-9H,2-3,7H2,1H3;1-6,9H. The number of fused-ring (bicyclic) bond motifs is 1. The maximum atomic E-state index is 3.12. The molecule has 0 saturated carbocycles. The summed E-state index contributed by atoms with van der Waals surface area (Å²) in [6.45, 7) is 2.23. The number of aryl methyl sites for hydroxylation is 1. The Bertz CT molecular complexity index is 550. The van der Waals surface area contributed by atoms with Crippen LogP contribution in [0.15, 0.2) is 66.9 Å². The number of nitrogens with one attached hydrogen (secondary N) is 1. The van der Waals surface area contributed by atoms with E-state index in [2.05, 4.69) is 60.4 Å². The minimum atomic E-state index is 1.21. The second kappa shape index (κ2) is 7.42. The Kier molecular flexibility index (Phi) is 5.24. The third-order valence-corrected chi connectivity index (χ3v) is 3.12. The van der Waals surface area contributed by atoms with Gasteiger partial charge in [0.05, 0.1) is 0 Å². The summed E-state index contributed by atoms with van der Waals surface area (Å²) in [4.78, 5) is 3.12. The summed E-state index contributed by atoms with van der Waals surface area (Å²) >= 11 is 0. The number of aromatic nitrogens is 1. The molecule has 2 aromatic carbocycles. The van der Waals surface area contributed by atoms with E-state index in [0.717, 1.165) is 0 Å². The van der Waals surface area contributed by atoms with Crippen molar-refractivity contribution in [2.75, 3.05) is 0 Å². The van der Waals surface area contributed by atoms with Gasteiger partial charge in [-0.1, -0.05) is 61.9 Å². The first-order chi connectivity index (χ1) is 9.40. The molecule has 98 valence electrons. The monoisotopic (exact) mass is 251 g/mol. The van der Waals surface area contributed by atoms with Crippen molar-refractivity contribution < 1.29 is 0 Å². The summed E-state index contributed by atoms with van der Waals surface area (Å²) in [6.07, 6.45) is 5.78. The number of hydrogen-bond acceptors (Lipinski definition) is 0. The van der Waals surface area contributed by atoms with Gasteiger partial charge in [-0.2, -0.15) is 0 Å². The van der Waals surface area contributed by atoms with E-state index in [-0.39, 0.29) is 0 Å². The highest BCUT2D eigenvalue weighted by Crippen LogP contribution is 2.09. The fourth-order valence-electron chi connectivity index (χ4n) is 2.02. The Hall–Kier alpha value is -2.02. The molecule has 1 N–H and O–H groups in total. The highest BCUT2D eigenvalue weighted by Gasteiger charge is 1.87. The number of para-hydroxylation sites is 1. The van der Waals surface area contributed by atoms with Crippen molar-refractivity contribution in [2.45, 2.75) is 26.2 Å². The molecule has 0 spiro atoms. The number of H-pyrrole nitrogens is 1. The molecule has 0 saturated heterocycles. The number of rotatable bonds is 3. The Balaban J connectivity index is 0.000000141. The highest BCUT2D eigenvalue weighted by molar-refractivity contribution is 5.78. The number of unbranched alkanes of at least 4 members (excludes halogenated alkanes) is 1. The van der Waals surface area contributed by atoms with Crippen LogP contribution in [0.4, 0.5) is 0 Å². The van der Waals surface area contributed by atoms with Crippen LogP contribution in [0.2, 0.25) is 0 Å². The Morgan fingerprint density at radius 3 is 2.32 bits per heavy atom. The fraction of sp³-hybridized carbons (Fsp3) is 0.222. The van der Waals surface area contributed by atoms with Crippen LogP contribution in [0, 0.1) is 0 Å². The smallest absolute Gasteiger partial charge is 0.0453 e. The average molecular weight is 251 g/mol. The normalized spacial score (nSPS) is 9.95. The van der Waals surface area contributed by atoms with Gasteiger partial charge in [0.2, 0.25) is 0 Å². The van der Waals surface area contributed by atoms with Crippen LogP contribution in [0.3, 0.4) is 0 Å². The molecule has 0 bridgehead atoms. The van der Waals surface area contributed by atoms with Gasteiger partial charge >= 0.3 is 0 Å². The number of hydrogen-bond donors (Lipinski definition) is 1. The first kappa shape index (κ1) is 13.4. The summed E-state index contributed by atoms with van der Waals surface area (Å²) in [6, 6.07) is 20.9. The lowest BCUT2D eigenvalue weighted by atomic mass is 10.1. The Labute approximate surface area is 115 Å². The second-order valence-electron chi connectivity index (χ2n) is 4.65. The Morgan fingerprint density at radius 1 is 0.842 bits per heavy atom. The average Bonchev–Trinajstić information content (AvgIpc) is 2.95. The van der Waals surface area contributed by atoms with E-state index in [4.69, 9.17) is 0 Å². The fourth-order valence-corrected chi connectivity index (χ4v) is 2.02. The predicted molar refractivity (Wildman–Crippen MR) is 83.4 cm³/mol. The van der Waals surface area contributed by atoms with E-state index in [9.17, 15) is 0 Å². The van der Waals surface area contributed by atoms with Crippen molar-refractivity contribution in [1.82, 2.24) is 4.98 Å². The van der Waals surface area contributed by atoms with Gasteiger partial charge in [-0.15, -0.1) is 0 Å². The minimum Gasteiger partial charge on any atom is -0.361 e. The molecule has 1 heteroatoms. The van der Waals surface area contributed by atoms with Crippen LogP contribution in [0.5, 0.6) is 0 Å². The summed E-state index contributed by atoms with van der Waals surface area (Å²) in [5, 5.41) is 1.28. The zero-order chi connectivity index (χ0) is 13.3. The molecule has 1 nitrogen and oxygen atoms in total. The van der Waals surface area contributed by atoms with Crippen molar-refractivity contribution in [3.8, 4) is 0 Å². The van der Waals surface area contributed by atoms with Crippen molar-refractivity contribution in [1.29, 1.82) is 0 Å². The van der Waals surface area contributed by atoms with Crippen molar-refractivity contribution >= 4 is 10.9 Å². The van der Waals surface area contributed by atoms with Crippen LogP contribution >= 0.6 is 0 Å². The van der Waals surface area contributed by atoms with E-state index >= 15 is 0 Å². The summed E-state index contributed by atoms with van der Waals surface area (Å²) in [7, 11) is 0. The molecule has 0 aliphatic heterocycles. The van der Waals surface area contributed by atoms with Crippen LogP contribution in [0.25, 0.3) is 10.9 Å². The van der Waals surface area contributed by atoms with E-state index in [1.54, 1.807) is 0 Å². The van der Waals surface area contributed by atoms with Crippen LogP contribution in [-0.2, 0) is 6.42 Å². The topological polar surface area (TPSA) is 15.8 Å². The second-order valence-corrected chi connectivity index (χ2v) is 4.65. The van der Waals surface area contributed by atoms with Crippen LogP contribution < -0.4 is 0 Å². The zero-order valence-electron chi connectivity index (χ0n) is 11.5. The molecule has 0 aliphatic carbocycles. The molecule has 0 radical (unpaired) electrons. The largest absolute Gasteiger partial charge is 0.361 e. The van der Waals surface area contributed by atoms with Crippen LogP contribution in [0.1, 0.15) is 25.3 Å². The van der Waals surface area contributed by atoms with Crippen molar-refractivity contribution in [3.05, 3.63) is 72.4 Å². The zero-order valence-corrected chi connectivity index (χ0v) is 11.5. The van der Waals surface area contributed by atoms with Crippen LogP contribution in [-0.4, -0.2) is 4.98 Å². The third-order valence-electron chi connectivity index (χ3n) is 3.12. The lowest BCUT2D eigenvalue weighted by molar-refractivity contribution is 0.795. The van der Waals surface area contributed by atoms with E-state index in [0.29, 0.717) is 0 Å². The molecule has 3 aromatic rings. The first-order valence-electron chi connectivity index (χ1n) is 6.96. The molecule has 0 amide bonds. The SMILES string of the molecule is CCCCc1ccccc1.c1ccc2[nH]ccc2c1. The van der Waals surface area contributed by atoms with E-state index in [1.807, 2.05) is 18.3 Å². The van der Waals surface area contributed by atoms with Gasteiger partial charge in [0.25, 0.3) is 0 Å². The van der Waals surface area contributed by atoms with Gasteiger partial charge in [0.15, 0.2) is 0 Å². The van der Waals surface area contributed by atoms with Gasteiger partial charge in [-0.05, 0) is 35.9 Å². The van der Waals surface area contributed by atoms with Crippen molar-refractivity contribution in [2.24, 2.45) is 0 Å². The molecular weight excluding hydrogens is 230 g/mol. The maximum Gasteiger partial charge on any atom is 0.0453 e. The molecule has 19 heavy (non-hydrogen) atoms. The lowest BCUT2D eigenvalue weighted by Crippen LogP contribution is -1.81. The molecule has 0 unspecified atom stereocenters. The van der Waals surface area contributed by atoms with E-state index in [1.165, 1.54) is 35.7 Å². The van der Waals surface area contributed by atoms with Gasteiger partial charge < -0.3 is 4.98 Å². The molecular formula is C18H21N. The summed E-state index contributed by atoms with van der Waals surface area (Å²) in [5.41, 5.74) is 2.67. The number of aromatic amines is 1. The first-order valence-corrected chi connectivity index (χ1v) is 6.96. The third kappa shape index (κ3) is 4.29. The quantitative estimate of drug-likeness (QED) is 0.658. The maximum absolute atomic E-state index is 3.12. The van der Waals surface area contributed by atoms with E-state index < -0.39 is 0 Å². The predicted octanol–water partition coefficient (Wildman–Crippen LogP) is 5.20. The molecule has 0 atom stereocenters. The Morgan fingerprint density at radius 2 is 1.58 bits per heavy atom.